The van der Waals surface area contributed by atoms with Crippen LogP contribution in [0.1, 0.15) is 32.5 Å². The van der Waals surface area contributed by atoms with Gasteiger partial charge in [-0.2, -0.15) is 0 Å². The number of methoxy groups -OCH3 is 1. The number of hydrogen-bond acceptors (Lipinski definition) is 6. The molecule has 9 nitrogen and oxygen atoms in total. The van der Waals surface area contributed by atoms with E-state index in [-0.39, 0.29) is 17.3 Å². The van der Waals surface area contributed by atoms with Gasteiger partial charge >= 0.3 is 0 Å². The lowest BCUT2D eigenvalue weighted by molar-refractivity contribution is -0.117. The molecule has 0 atom stereocenters. The number of primary sulfonamides is 1. The van der Waals surface area contributed by atoms with Crippen molar-refractivity contribution in [3.05, 3.63) is 48.3 Å². The molecule has 0 aliphatic carbocycles. The molecule has 0 saturated heterocycles. The second-order valence-corrected chi connectivity index (χ2v) is 9.37. The number of aryl methyl sites for hydroxylation is 1. The summed E-state index contributed by atoms with van der Waals surface area (Å²) in [6.07, 6.45) is 1.97. The third-order valence-corrected chi connectivity index (χ3v) is 6.33. The first-order valence-corrected chi connectivity index (χ1v) is 12.5. The largest absolute Gasteiger partial charge is 0.497 e. The SMILES string of the molecule is CCCCn1c(CN(CC)CC(=O)Nc2ccc(OC)cc2)nc2cc(S(N)(=O)=O)ccc21. The topological polar surface area (TPSA) is 120 Å². The van der Waals surface area contributed by atoms with E-state index in [2.05, 4.69) is 16.8 Å². The number of nitrogens with two attached hydrogens (primary N) is 1. The van der Waals surface area contributed by atoms with Crippen LogP contribution in [0.2, 0.25) is 0 Å². The lowest BCUT2D eigenvalue weighted by Crippen LogP contribution is -2.33. The first-order chi connectivity index (χ1) is 15.7. The number of benzene rings is 2. The van der Waals surface area contributed by atoms with E-state index in [0.29, 0.717) is 24.3 Å². The molecule has 0 saturated carbocycles. The zero-order valence-electron chi connectivity index (χ0n) is 19.2. The van der Waals surface area contributed by atoms with E-state index in [1.807, 2.05) is 11.8 Å². The van der Waals surface area contributed by atoms with Crippen molar-refractivity contribution < 1.29 is 17.9 Å². The Morgan fingerprint density at radius 1 is 1.18 bits per heavy atom. The lowest BCUT2D eigenvalue weighted by atomic mass is 10.3. The van der Waals surface area contributed by atoms with E-state index in [4.69, 9.17) is 14.9 Å². The Kier molecular flexibility index (Phi) is 8.06. The van der Waals surface area contributed by atoms with E-state index in [0.717, 1.165) is 36.5 Å². The van der Waals surface area contributed by atoms with Crippen LogP contribution in [0.25, 0.3) is 11.0 Å². The second kappa shape index (κ2) is 10.8. The maximum atomic E-state index is 12.6. The first-order valence-electron chi connectivity index (χ1n) is 10.9. The number of aromatic nitrogens is 2. The third kappa shape index (κ3) is 6.31. The normalized spacial score (nSPS) is 11.8. The molecular weight excluding hydrogens is 442 g/mol. The van der Waals surface area contributed by atoms with Crippen LogP contribution >= 0.6 is 0 Å². The quantitative estimate of drug-likeness (QED) is 0.442. The molecule has 2 aromatic carbocycles. The van der Waals surface area contributed by atoms with Gasteiger partial charge in [0.15, 0.2) is 0 Å². The minimum atomic E-state index is -3.81. The summed E-state index contributed by atoms with van der Waals surface area (Å²) in [6, 6.07) is 11.9. The van der Waals surface area contributed by atoms with Gasteiger partial charge in [0.25, 0.3) is 0 Å². The number of unbranched alkanes of at least 4 members (excludes halogenated alkanes) is 1. The molecule has 0 aliphatic heterocycles. The van der Waals surface area contributed by atoms with Crippen molar-refractivity contribution >= 4 is 32.7 Å². The highest BCUT2D eigenvalue weighted by Crippen LogP contribution is 2.22. The van der Waals surface area contributed by atoms with Crippen LogP contribution < -0.4 is 15.2 Å². The third-order valence-electron chi connectivity index (χ3n) is 5.42. The highest BCUT2D eigenvalue weighted by atomic mass is 32.2. The Bertz CT molecular complexity index is 1210. The van der Waals surface area contributed by atoms with Gasteiger partial charge in [-0.1, -0.05) is 20.3 Å². The molecule has 1 amide bonds. The maximum Gasteiger partial charge on any atom is 0.238 e. The highest BCUT2D eigenvalue weighted by Gasteiger charge is 2.18. The van der Waals surface area contributed by atoms with Gasteiger partial charge in [0.2, 0.25) is 15.9 Å². The van der Waals surface area contributed by atoms with E-state index >= 15 is 0 Å². The summed E-state index contributed by atoms with van der Waals surface area (Å²) >= 11 is 0. The Hall–Kier alpha value is -2.95. The standard InChI is InChI=1S/C23H31N5O4S/c1-4-6-13-28-21-12-11-19(33(24,30)31)14-20(21)26-22(28)15-27(5-2)16-23(29)25-17-7-9-18(32-3)10-8-17/h7-12,14H,4-6,13,15-16H2,1-3H3,(H,25,29)(H2,24,30,31). The maximum absolute atomic E-state index is 12.6. The molecule has 0 bridgehead atoms. The van der Waals surface area contributed by atoms with Crippen molar-refractivity contribution in [2.75, 3.05) is 25.5 Å². The number of nitrogens with one attached hydrogen (secondary N) is 1. The number of carbonyl (C=O) groups is 1. The van der Waals surface area contributed by atoms with Gasteiger partial charge in [-0.25, -0.2) is 18.5 Å². The molecular formula is C23H31N5O4S. The number of carbonyl (C=O) groups excluding carboxylic acids is 1. The van der Waals surface area contributed by atoms with Crippen LogP contribution in [0, 0.1) is 0 Å². The summed E-state index contributed by atoms with van der Waals surface area (Å²) in [6.45, 7) is 6.15. The second-order valence-electron chi connectivity index (χ2n) is 7.81. The van der Waals surface area contributed by atoms with Crippen molar-refractivity contribution in [2.24, 2.45) is 5.14 Å². The number of sulfonamides is 1. The van der Waals surface area contributed by atoms with E-state index in [1.165, 1.54) is 12.1 Å². The number of ether oxygens (including phenoxy) is 1. The molecule has 0 radical (unpaired) electrons. The summed E-state index contributed by atoms with van der Waals surface area (Å²) < 4.78 is 30.7. The molecule has 3 aromatic rings. The molecule has 0 aliphatic rings. The summed E-state index contributed by atoms with van der Waals surface area (Å²) in [7, 11) is -2.22. The van der Waals surface area contributed by atoms with Crippen LogP contribution in [-0.4, -0.2) is 49.0 Å². The zero-order valence-corrected chi connectivity index (χ0v) is 20.1. The average Bonchev–Trinajstić information content (AvgIpc) is 3.13. The molecule has 3 N–H and O–H groups in total. The predicted molar refractivity (Wildman–Crippen MR) is 129 cm³/mol. The molecule has 33 heavy (non-hydrogen) atoms. The van der Waals surface area contributed by atoms with Gasteiger partial charge in [0, 0.05) is 12.2 Å². The van der Waals surface area contributed by atoms with Crippen LogP contribution in [0.3, 0.4) is 0 Å². The first kappa shape index (κ1) is 24.7. The van der Waals surface area contributed by atoms with Crippen molar-refractivity contribution in [1.82, 2.24) is 14.5 Å². The van der Waals surface area contributed by atoms with Gasteiger partial charge in [0.05, 0.1) is 36.1 Å². The number of rotatable bonds is 11. The summed E-state index contributed by atoms with van der Waals surface area (Å²) in [5, 5.41) is 8.19. The fraction of sp³-hybridized carbons (Fsp3) is 0.391. The van der Waals surface area contributed by atoms with Gasteiger partial charge in [-0.3, -0.25) is 9.69 Å². The molecule has 0 spiro atoms. The fourth-order valence-corrected chi connectivity index (χ4v) is 4.11. The molecule has 1 heterocycles. The molecule has 10 heteroatoms. The van der Waals surface area contributed by atoms with Crippen molar-refractivity contribution in [2.45, 2.75) is 44.7 Å². The van der Waals surface area contributed by atoms with Crippen molar-refractivity contribution in [3.8, 4) is 5.75 Å². The lowest BCUT2D eigenvalue weighted by Gasteiger charge is -2.20. The predicted octanol–water partition coefficient (Wildman–Crippen LogP) is 2.95. The Morgan fingerprint density at radius 3 is 2.52 bits per heavy atom. The van der Waals surface area contributed by atoms with Crippen molar-refractivity contribution in [3.63, 3.8) is 0 Å². The minimum Gasteiger partial charge on any atom is -0.497 e. The summed E-state index contributed by atoms with van der Waals surface area (Å²) in [5.41, 5.74) is 2.12. The zero-order chi connectivity index (χ0) is 24.0. The Balaban J connectivity index is 1.79. The Morgan fingerprint density at radius 2 is 1.91 bits per heavy atom. The van der Waals surface area contributed by atoms with E-state index in [9.17, 15) is 13.2 Å². The number of anilines is 1. The highest BCUT2D eigenvalue weighted by molar-refractivity contribution is 7.89. The van der Waals surface area contributed by atoms with Crippen LogP contribution in [0.15, 0.2) is 47.4 Å². The molecule has 178 valence electrons. The van der Waals surface area contributed by atoms with Gasteiger partial charge < -0.3 is 14.6 Å². The van der Waals surface area contributed by atoms with Crippen LogP contribution in [0.4, 0.5) is 5.69 Å². The number of imidazole rings is 1. The van der Waals surface area contributed by atoms with Crippen LogP contribution in [-0.2, 0) is 27.9 Å². The number of likely N-dealkylation sites (N-methyl/N-ethyl adjacent to an activating group) is 1. The van der Waals surface area contributed by atoms with E-state index < -0.39 is 10.0 Å². The molecule has 3 rings (SSSR count). The van der Waals surface area contributed by atoms with Gasteiger partial charge in [-0.05, 0) is 55.4 Å². The number of nitrogens with zero attached hydrogens (tertiary/aromatic N) is 3. The van der Waals surface area contributed by atoms with Gasteiger partial charge in [0.1, 0.15) is 11.6 Å². The van der Waals surface area contributed by atoms with Crippen molar-refractivity contribution in [1.29, 1.82) is 0 Å². The summed E-state index contributed by atoms with van der Waals surface area (Å²) in [5.74, 6) is 1.37. The number of hydrogen-bond donors (Lipinski definition) is 2. The number of amides is 1. The summed E-state index contributed by atoms with van der Waals surface area (Å²) in [4.78, 5) is 19.3. The smallest absolute Gasteiger partial charge is 0.238 e. The molecule has 1 aromatic heterocycles. The monoisotopic (exact) mass is 473 g/mol. The van der Waals surface area contributed by atoms with Gasteiger partial charge in [-0.15, -0.1) is 0 Å². The van der Waals surface area contributed by atoms with Crippen LogP contribution in [0.5, 0.6) is 5.75 Å². The average molecular weight is 474 g/mol. The minimum absolute atomic E-state index is 0.0351. The number of fused-ring (bicyclic) bond motifs is 1. The molecule has 0 fully saturated rings. The van der Waals surface area contributed by atoms with E-state index in [1.54, 1.807) is 37.4 Å². The fourth-order valence-electron chi connectivity index (χ4n) is 3.58. The molecule has 0 unspecified atom stereocenters. The Labute approximate surface area is 194 Å².